The molecule has 0 spiro atoms. The number of anilines is 1. The molecule has 0 unspecified atom stereocenters. The largest absolute Gasteiger partial charge is 0.445 e. The molecule has 0 N–H and O–H groups in total. The summed E-state index contributed by atoms with van der Waals surface area (Å²) in [5.41, 5.74) is 5.39. The van der Waals surface area contributed by atoms with E-state index in [0.717, 1.165) is 46.4 Å². The molecule has 0 bridgehead atoms. The highest BCUT2D eigenvalue weighted by Gasteiger charge is 2.59. The molecule has 0 aliphatic carbocycles. The minimum atomic E-state index is -0.505. The van der Waals surface area contributed by atoms with Gasteiger partial charge in [0.05, 0.1) is 11.9 Å². The van der Waals surface area contributed by atoms with Gasteiger partial charge in [0.2, 0.25) is 5.89 Å². The Hall–Kier alpha value is -4.25. The van der Waals surface area contributed by atoms with Crippen LogP contribution in [0.1, 0.15) is 73.7 Å². The summed E-state index contributed by atoms with van der Waals surface area (Å²) in [6, 6.07) is 8.72. The minimum Gasteiger partial charge on any atom is -0.445 e. The summed E-state index contributed by atoms with van der Waals surface area (Å²) in [4.78, 5) is 28.0. The number of ether oxygens (including phenoxy) is 1. The molecular formula is C34H39N7O3S. The number of hydrogen-bond donors (Lipinski definition) is 0. The maximum atomic E-state index is 12.9. The zero-order valence-corrected chi connectivity index (χ0v) is 27.9. The topological polar surface area (TPSA) is 102 Å². The highest BCUT2D eigenvalue weighted by Crippen LogP contribution is 2.52. The third-order valence-corrected chi connectivity index (χ3v) is 10.8. The highest BCUT2D eigenvalue weighted by atomic mass is 32.1. The molecule has 234 valence electrons. The van der Waals surface area contributed by atoms with Gasteiger partial charge in [-0.05, 0) is 59.2 Å². The Morgan fingerprint density at radius 3 is 2.33 bits per heavy atom. The molecule has 3 aliphatic heterocycles. The standard InChI is InChI=1S/C34H39N7O3S/c1-20-21(2)45-30-27(20)28(36-25(15-26-35-13-14-43-26)29-38-37-22(3)41(29)30)23-9-11-24(12-10-23)39-16-33(7)18-40(19-34(33,8)17-39)31(42)44-32(4,5)6/h9-15H,16-19H2,1-8H3/b25-15-/t33-,34+. The lowest BCUT2D eigenvalue weighted by molar-refractivity contribution is 0.0269. The predicted octanol–water partition coefficient (Wildman–Crippen LogP) is 6.67. The van der Waals surface area contributed by atoms with Gasteiger partial charge in [0.15, 0.2) is 5.82 Å². The van der Waals surface area contributed by atoms with E-state index in [2.05, 4.69) is 76.6 Å². The van der Waals surface area contributed by atoms with Crippen LogP contribution in [0.25, 0.3) is 16.8 Å². The first-order valence-corrected chi connectivity index (χ1v) is 16.1. The summed E-state index contributed by atoms with van der Waals surface area (Å²) in [5, 5.41) is 9.98. The van der Waals surface area contributed by atoms with E-state index >= 15 is 0 Å². The quantitative estimate of drug-likeness (QED) is 0.250. The number of nitrogens with zero attached hydrogens (tertiary/aromatic N) is 7. The van der Waals surface area contributed by atoms with Crippen LogP contribution in [-0.2, 0) is 4.74 Å². The summed E-state index contributed by atoms with van der Waals surface area (Å²) in [5.74, 6) is 1.91. The van der Waals surface area contributed by atoms with E-state index in [1.54, 1.807) is 23.8 Å². The number of aliphatic imine (C=N–C) groups is 1. The Labute approximate surface area is 267 Å². The second-order valence-electron chi connectivity index (χ2n) is 14.1. The van der Waals surface area contributed by atoms with E-state index < -0.39 is 5.60 Å². The smallest absolute Gasteiger partial charge is 0.410 e. The maximum absolute atomic E-state index is 12.9. The number of benzene rings is 1. The van der Waals surface area contributed by atoms with Gasteiger partial charge in [0.25, 0.3) is 0 Å². The number of likely N-dealkylation sites (tertiary alicyclic amines) is 1. The molecule has 11 heteroatoms. The number of aryl methyl sites for hydroxylation is 2. The van der Waals surface area contributed by atoms with E-state index in [1.807, 2.05) is 38.7 Å². The zero-order chi connectivity index (χ0) is 31.9. The van der Waals surface area contributed by atoms with E-state index in [9.17, 15) is 4.79 Å². The second kappa shape index (κ2) is 10.1. The van der Waals surface area contributed by atoms with Gasteiger partial charge in [0.1, 0.15) is 28.4 Å². The van der Waals surface area contributed by atoms with E-state index in [1.165, 1.54) is 10.4 Å². The third kappa shape index (κ3) is 4.88. The second-order valence-corrected chi connectivity index (χ2v) is 15.3. The van der Waals surface area contributed by atoms with Crippen LogP contribution in [0.5, 0.6) is 0 Å². The van der Waals surface area contributed by atoms with Gasteiger partial charge < -0.3 is 19.0 Å². The lowest BCUT2D eigenvalue weighted by atomic mass is 9.71. The van der Waals surface area contributed by atoms with Gasteiger partial charge in [-0.3, -0.25) is 4.57 Å². The lowest BCUT2D eigenvalue weighted by Gasteiger charge is -2.29. The van der Waals surface area contributed by atoms with Gasteiger partial charge in [-0.1, -0.05) is 26.0 Å². The van der Waals surface area contributed by atoms with Crippen molar-refractivity contribution in [2.24, 2.45) is 15.8 Å². The van der Waals surface area contributed by atoms with Crippen LogP contribution < -0.4 is 4.90 Å². The number of aromatic nitrogens is 4. The fourth-order valence-corrected chi connectivity index (χ4v) is 8.11. The Balaban J connectivity index is 1.22. The number of thiophene rings is 1. The van der Waals surface area contributed by atoms with E-state index in [-0.39, 0.29) is 16.9 Å². The summed E-state index contributed by atoms with van der Waals surface area (Å²) in [7, 11) is 0. The van der Waals surface area contributed by atoms with Crippen LogP contribution in [0.4, 0.5) is 10.5 Å². The van der Waals surface area contributed by atoms with E-state index in [4.69, 9.17) is 14.1 Å². The Morgan fingerprint density at radius 1 is 1.02 bits per heavy atom. The Kier molecular flexibility index (Phi) is 6.63. The zero-order valence-electron chi connectivity index (χ0n) is 27.1. The number of carbonyl (C=O) groups excluding carboxylic acids is 1. The molecule has 1 amide bonds. The molecule has 2 fully saturated rings. The third-order valence-electron chi connectivity index (χ3n) is 9.58. The predicted molar refractivity (Wildman–Crippen MR) is 176 cm³/mol. The number of amides is 1. The molecule has 45 heavy (non-hydrogen) atoms. The van der Waals surface area contributed by atoms with Gasteiger partial charge in [-0.2, -0.15) is 0 Å². The summed E-state index contributed by atoms with van der Waals surface area (Å²) < 4.78 is 13.3. The molecule has 0 radical (unpaired) electrons. The molecule has 4 aromatic rings. The summed E-state index contributed by atoms with van der Waals surface area (Å²) in [6.07, 6.45) is 4.77. The summed E-state index contributed by atoms with van der Waals surface area (Å²) >= 11 is 1.73. The monoisotopic (exact) mass is 625 g/mol. The fraction of sp³-hybridized carbons (Fsp3) is 0.441. The highest BCUT2D eigenvalue weighted by molar-refractivity contribution is 7.15. The van der Waals surface area contributed by atoms with Crippen LogP contribution >= 0.6 is 11.3 Å². The fourth-order valence-electron chi connectivity index (χ4n) is 6.90. The Morgan fingerprint density at radius 2 is 1.71 bits per heavy atom. The van der Waals surface area contributed by atoms with E-state index in [0.29, 0.717) is 30.5 Å². The first-order valence-electron chi connectivity index (χ1n) is 15.3. The van der Waals surface area contributed by atoms with Crippen molar-refractivity contribution >= 4 is 40.6 Å². The molecule has 2 atom stereocenters. The SMILES string of the molecule is Cc1sc2c(c1C)C(c1ccc(N3C[C@]4(C)CN(C(=O)OC(C)(C)C)C[C@]4(C)C3)cc1)=N/C(=C\c1ncco1)c1nnc(C)n1-2. The number of hydrogen-bond acceptors (Lipinski definition) is 9. The molecule has 7 rings (SSSR count). The Bertz CT molecular complexity index is 1840. The minimum absolute atomic E-state index is 0.0416. The van der Waals surface area contributed by atoms with Crippen molar-refractivity contribution in [3.05, 3.63) is 75.8 Å². The number of fused-ring (bicyclic) bond motifs is 4. The van der Waals surface area contributed by atoms with Crippen LogP contribution in [0.3, 0.4) is 0 Å². The van der Waals surface area contributed by atoms with Crippen LogP contribution in [-0.4, -0.2) is 68.2 Å². The van der Waals surface area contributed by atoms with Gasteiger partial charge in [0, 0.05) is 64.8 Å². The normalized spacial score (nSPS) is 23.6. The van der Waals surface area contributed by atoms with Gasteiger partial charge in [-0.15, -0.1) is 21.5 Å². The molecule has 10 nitrogen and oxygen atoms in total. The van der Waals surface area contributed by atoms with Crippen LogP contribution in [0.15, 0.2) is 46.1 Å². The first kappa shape index (κ1) is 29.5. The molecule has 3 aromatic heterocycles. The first-order chi connectivity index (χ1) is 21.3. The van der Waals surface area contributed by atoms with Crippen molar-refractivity contribution in [2.45, 2.75) is 61.0 Å². The number of carbonyl (C=O) groups is 1. The lowest BCUT2D eigenvalue weighted by Crippen LogP contribution is -2.39. The van der Waals surface area contributed by atoms with Crippen molar-refractivity contribution in [1.82, 2.24) is 24.6 Å². The van der Waals surface area contributed by atoms with Crippen LogP contribution in [0.2, 0.25) is 0 Å². The van der Waals surface area contributed by atoms with Crippen molar-refractivity contribution in [2.75, 3.05) is 31.1 Å². The van der Waals surface area contributed by atoms with Crippen molar-refractivity contribution < 1.29 is 13.9 Å². The number of oxazole rings is 1. The molecule has 1 aromatic carbocycles. The molecule has 2 saturated heterocycles. The molecule has 0 saturated carbocycles. The van der Waals surface area contributed by atoms with Gasteiger partial charge in [-0.25, -0.2) is 14.8 Å². The maximum Gasteiger partial charge on any atom is 0.410 e. The van der Waals surface area contributed by atoms with Crippen LogP contribution in [0, 0.1) is 31.6 Å². The van der Waals surface area contributed by atoms with Crippen molar-refractivity contribution in [3.63, 3.8) is 0 Å². The molecule has 6 heterocycles. The number of rotatable bonds is 3. The molecular weight excluding hydrogens is 586 g/mol. The average Bonchev–Trinajstić information content (AvgIpc) is 3.75. The average molecular weight is 626 g/mol. The van der Waals surface area contributed by atoms with Crippen molar-refractivity contribution in [1.29, 1.82) is 0 Å². The van der Waals surface area contributed by atoms with Gasteiger partial charge >= 0.3 is 6.09 Å². The molecule has 3 aliphatic rings. The van der Waals surface area contributed by atoms with Crippen molar-refractivity contribution in [3.8, 4) is 5.00 Å². The summed E-state index contributed by atoms with van der Waals surface area (Å²) in [6.45, 7) is 19.7.